The summed E-state index contributed by atoms with van der Waals surface area (Å²) in [4.78, 5) is 9.62. The fraction of sp³-hybridized carbons (Fsp3) is 0.500. The lowest BCUT2D eigenvalue weighted by molar-refractivity contribution is 0.338. The van der Waals surface area contributed by atoms with Gasteiger partial charge in [0.25, 0.3) is 0 Å². The Kier molecular flexibility index (Phi) is 4.13. The van der Waals surface area contributed by atoms with E-state index in [-0.39, 0.29) is 0 Å². The maximum absolute atomic E-state index is 6.21. The van der Waals surface area contributed by atoms with Crippen molar-refractivity contribution in [3.05, 3.63) is 35.2 Å². The third kappa shape index (κ3) is 2.97. The van der Waals surface area contributed by atoms with Gasteiger partial charge in [-0.3, -0.25) is 0 Å². The Morgan fingerprint density at radius 1 is 1.00 bits per heavy atom. The van der Waals surface area contributed by atoms with Crippen LogP contribution in [0.15, 0.2) is 18.2 Å². The van der Waals surface area contributed by atoms with E-state index in [1.807, 2.05) is 6.07 Å². The predicted molar refractivity (Wildman–Crippen MR) is 98.6 cm³/mol. The number of rotatable bonds is 3. The number of hydrogen-bond acceptors (Lipinski definition) is 4. The number of benzene rings is 1. The van der Waals surface area contributed by atoms with E-state index in [0.29, 0.717) is 5.82 Å². The highest BCUT2D eigenvalue weighted by Gasteiger charge is 2.21. The minimum Gasteiger partial charge on any atom is -0.399 e. The second kappa shape index (κ2) is 6.42. The number of aryl methyl sites for hydroxylation is 3. The summed E-state index contributed by atoms with van der Waals surface area (Å²) >= 11 is 0. The number of aromatic nitrogens is 2. The first-order valence-electron chi connectivity index (χ1n) is 9.25. The first-order chi connectivity index (χ1) is 11.7. The highest BCUT2D eigenvalue weighted by atomic mass is 14.9. The van der Waals surface area contributed by atoms with Gasteiger partial charge in [-0.2, -0.15) is 0 Å². The Morgan fingerprint density at radius 3 is 2.67 bits per heavy atom. The van der Waals surface area contributed by atoms with Gasteiger partial charge in [0.1, 0.15) is 5.82 Å². The lowest BCUT2D eigenvalue weighted by atomic mass is 9.85. The summed E-state index contributed by atoms with van der Waals surface area (Å²) in [7, 11) is 0. The lowest BCUT2D eigenvalue weighted by Crippen LogP contribution is -2.14. The van der Waals surface area contributed by atoms with Crippen LogP contribution >= 0.6 is 0 Å². The van der Waals surface area contributed by atoms with Crippen LogP contribution < -0.4 is 11.5 Å². The summed E-state index contributed by atoms with van der Waals surface area (Å²) in [5, 5.41) is 0. The molecular weight excluding hydrogens is 296 g/mol. The van der Waals surface area contributed by atoms with Crippen molar-refractivity contribution in [1.29, 1.82) is 0 Å². The van der Waals surface area contributed by atoms with Crippen molar-refractivity contribution in [3.63, 3.8) is 0 Å². The second-order valence-corrected chi connectivity index (χ2v) is 7.31. The average Bonchev–Trinajstić information content (AvgIpc) is 2.60. The topological polar surface area (TPSA) is 77.8 Å². The number of fused-ring (bicyclic) bond motifs is 3. The van der Waals surface area contributed by atoms with E-state index in [1.165, 1.54) is 49.7 Å². The van der Waals surface area contributed by atoms with Gasteiger partial charge in [0, 0.05) is 11.3 Å². The van der Waals surface area contributed by atoms with E-state index in [0.717, 1.165) is 47.9 Å². The standard InChI is InChI=1S/C20H26N4/c21-15-8-9-16-14(12-15)7-11-17-19(16)23-18(20(22)24-17)10-6-13-4-2-1-3-5-13/h8-9,12-13H,1-7,10-11,21H2,(H2,22,24). The van der Waals surface area contributed by atoms with Gasteiger partial charge in [-0.15, -0.1) is 0 Å². The Bertz CT molecular complexity index is 748. The van der Waals surface area contributed by atoms with Crippen LogP contribution in [-0.4, -0.2) is 9.97 Å². The third-order valence-corrected chi connectivity index (χ3v) is 5.60. The van der Waals surface area contributed by atoms with Crippen molar-refractivity contribution in [2.45, 2.75) is 57.8 Å². The molecule has 0 saturated heterocycles. The van der Waals surface area contributed by atoms with Crippen LogP contribution in [0.1, 0.15) is 55.5 Å². The van der Waals surface area contributed by atoms with Gasteiger partial charge in [0.2, 0.25) is 0 Å². The fourth-order valence-corrected chi connectivity index (χ4v) is 4.21. The molecule has 2 aliphatic carbocycles. The maximum atomic E-state index is 6.21. The molecule has 1 aromatic carbocycles. The highest BCUT2D eigenvalue weighted by Crippen LogP contribution is 2.34. The van der Waals surface area contributed by atoms with Crippen molar-refractivity contribution in [3.8, 4) is 11.3 Å². The quantitative estimate of drug-likeness (QED) is 0.840. The Hall–Kier alpha value is -2.10. The smallest absolute Gasteiger partial charge is 0.145 e. The molecule has 126 valence electrons. The minimum absolute atomic E-state index is 0.628. The molecule has 0 atom stereocenters. The first kappa shape index (κ1) is 15.4. The van der Waals surface area contributed by atoms with Gasteiger partial charge in [-0.25, -0.2) is 9.97 Å². The molecule has 4 nitrogen and oxygen atoms in total. The van der Waals surface area contributed by atoms with Crippen molar-refractivity contribution in [1.82, 2.24) is 9.97 Å². The van der Waals surface area contributed by atoms with E-state index >= 15 is 0 Å². The normalized spacial score (nSPS) is 17.3. The van der Waals surface area contributed by atoms with Gasteiger partial charge in [-0.1, -0.05) is 38.2 Å². The number of nitrogens with two attached hydrogens (primary N) is 2. The van der Waals surface area contributed by atoms with E-state index in [9.17, 15) is 0 Å². The van der Waals surface area contributed by atoms with Gasteiger partial charge in [0.05, 0.1) is 17.1 Å². The molecular formula is C20H26N4. The predicted octanol–water partition coefficient (Wildman–Crippen LogP) is 3.92. The van der Waals surface area contributed by atoms with Gasteiger partial charge in [-0.05, 0) is 49.3 Å². The molecule has 1 aromatic heterocycles. The molecule has 1 heterocycles. The Morgan fingerprint density at radius 2 is 1.83 bits per heavy atom. The molecule has 24 heavy (non-hydrogen) atoms. The van der Waals surface area contributed by atoms with Gasteiger partial charge >= 0.3 is 0 Å². The van der Waals surface area contributed by atoms with Crippen LogP contribution in [-0.2, 0) is 19.3 Å². The molecule has 0 radical (unpaired) electrons. The van der Waals surface area contributed by atoms with Crippen LogP contribution in [0, 0.1) is 5.92 Å². The zero-order valence-electron chi connectivity index (χ0n) is 14.2. The molecule has 0 spiro atoms. The molecule has 0 unspecified atom stereocenters. The number of hydrogen-bond donors (Lipinski definition) is 2. The minimum atomic E-state index is 0.628. The number of anilines is 2. The van der Waals surface area contributed by atoms with E-state index in [1.54, 1.807) is 0 Å². The average molecular weight is 322 g/mol. The van der Waals surface area contributed by atoms with E-state index < -0.39 is 0 Å². The second-order valence-electron chi connectivity index (χ2n) is 7.31. The van der Waals surface area contributed by atoms with E-state index in [4.69, 9.17) is 16.5 Å². The van der Waals surface area contributed by atoms with Crippen LogP contribution in [0.4, 0.5) is 11.5 Å². The van der Waals surface area contributed by atoms with Crippen LogP contribution in [0.25, 0.3) is 11.3 Å². The highest BCUT2D eigenvalue weighted by molar-refractivity contribution is 5.71. The molecule has 4 rings (SSSR count). The molecule has 0 aliphatic heterocycles. The van der Waals surface area contributed by atoms with Crippen LogP contribution in [0.2, 0.25) is 0 Å². The summed E-state index contributed by atoms with van der Waals surface area (Å²) in [5.41, 5.74) is 18.4. The van der Waals surface area contributed by atoms with Crippen molar-refractivity contribution < 1.29 is 0 Å². The third-order valence-electron chi connectivity index (χ3n) is 5.60. The van der Waals surface area contributed by atoms with Crippen molar-refractivity contribution >= 4 is 11.5 Å². The summed E-state index contributed by atoms with van der Waals surface area (Å²) in [5.74, 6) is 1.46. The van der Waals surface area contributed by atoms with Crippen LogP contribution in [0.5, 0.6) is 0 Å². The molecule has 4 heteroatoms. The lowest BCUT2D eigenvalue weighted by Gasteiger charge is -2.23. The van der Waals surface area contributed by atoms with Gasteiger partial charge in [0.15, 0.2) is 0 Å². The monoisotopic (exact) mass is 322 g/mol. The van der Waals surface area contributed by atoms with Gasteiger partial charge < -0.3 is 11.5 Å². The molecule has 0 bridgehead atoms. The fourth-order valence-electron chi connectivity index (χ4n) is 4.21. The molecule has 1 fully saturated rings. The summed E-state index contributed by atoms with van der Waals surface area (Å²) in [6, 6.07) is 6.10. The van der Waals surface area contributed by atoms with Crippen molar-refractivity contribution in [2.75, 3.05) is 11.5 Å². The molecule has 1 saturated carbocycles. The van der Waals surface area contributed by atoms with Crippen LogP contribution in [0.3, 0.4) is 0 Å². The zero-order valence-corrected chi connectivity index (χ0v) is 14.2. The van der Waals surface area contributed by atoms with E-state index in [2.05, 4.69) is 17.1 Å². The largest absolute Gasteiger partial charge is 0.399 e. The molecule has 2 aromatic rings. The number of nitrogen functional groups attached to an aromatic ring is 2. The maximum Gasteiger partial charge on any atom is 0.145 e. The summed E-state index contributed by atoms with van der Waals surface area (Å²) < 4.78 is 0. The SMILES string of the molecule is Nc1ccc2c(c1)CCc1nc(N)c(CCC3CCCCC3)nc1-2. The zero-order chi connectivity index (χ0) is 16.5. The molecule has 4 N–H and O–H groups in total. The summed E-state index contributed by atoms with van der Waals surface area (Å²) in [6.45, 7) is 0. The molecule has 2 aliphatic rings. The first-order valence-corrected chi connectivity index (χ1v) is 9.25. The summed E-state index contributed by atoms with van der Waals surface area (Å²) in [6.07, 6.45) is 10.9. The Labute approximate surface area is 143 Å². The van der Waals surface area contributed by atoms with Crippen molar-refractivity contribution in [2.24, 2.45) is 5.92 Å². The molecule has 0 amide bonds. The number of nitrogens with zero attached hydrogens (tertiary/aromatic N) is 2. The Balaban J connectivity index is 1.60.